The van der Waals surface area contributed by atoms with Crippen LogP contribution in [-0.2, 0) is 0 Å². The van der Waals surface area contributed by atoms with E-state index < -0.39 is 0 Å². The molecule has 1 aliphatic carbocycles. The SMILES string of the molecule is Cc1cc2c(nc1=CO)C=CC=CC=2Br. The zero-order chi connectivity index (χ0) is 10.8. The van der Waals surface area contributed by atoms with Crippen LogP contribution in [0.4, 0.5) is 0 Å². The van der Waals surface area contributed by atoms with Crippen LogP contribution >= 0.6 is 15.9 Å². The van der Waals surface area contributed by atoms with Crippen molar-refractivity contribution in [1.82, 2.24) is 4.98 Å². The highest BCUT2D eigenvalue weighted by Gasteiger charge is 2.01. The Kier molecular flexibility index (Phi) is 2.73. The van der Waals surface area contributed by atoms with Crippen LogP contribution in [0.25, 0.3) is 16.8 Å². The van der Waals surface area contributed by atoms with Crippen LogP contribution in [0.15, 0.2) is 24.3 Å². The van der Waals surface area contributed by atoms with E-state index in [9.17, 15) is 0 Å². The Morgan fingerprint density at radius 3 is 2.80 bits per heavy atom. The number of aryl methyl sites for hydroxylation is 1. The van der Waals surface area contributed by atoms with Crippen LogP contribution in [0, 0.1) is 6.92 Å². The number of aromatic nitrogens is 1. The molecular weight excluding hydrogens is 254 g/mol. The third-order valence-electron chi connectivity index (χ3n) is 2.27. The van der Waals surface area contributed by atoms with Gasteiger partial charge >= 0.3 is 0 Å². The van der Waals surface area contributed by atoms with Crippen LogP contribution < -0.4 is 10.6 Å². The third kappa shape index (κ3) is 1.88. The number of pyridine rings is 1. The van der Waals surface area contributed by atoms with Crippen molar-refractivity contribution in [1.29, 1.82) is 0 Å². The van der Waals surface area contributed by atoms with Gasteiger partial charge in [-0.1, -0.05) is 28.1 Å². The molecule has 1 aliphatic rings. The van der Waals surface area contributed by atoms with Gasteiger partial charge in [0.2, 0.25) is 0 Å². The molecule has 0 atom stereocenters. The van der Waals surface area contributed by atoms with Gasteiger partial charge in [0.25, 0.3) is 0 Å². The van der Waals surface area contributed by atoms with E-state index in [0.29, 0.717) is 5.35 Å². The summed E-state index contributed by atoms with van der Waals surface area (Å²) < 4.78 is 1.00. The molecule has 2 nitrogen and oxygen atoms in total. The van der Waals surface area contributed by atoms with Crippen molar-refractivity contribution in [3.63, 3.8) is 0 Å². The second-order valence-electron chi connectivity index (χ2n) is 3.32. The molecule has 76 valence electrons. The van der Waals surface area contributed by atoms with Crippen molar-refractivity contribution in [2.75, 3.05) is 0 Å². The maximum Gasteiger partial charge on any atom is 0.105 e. The first-order valence-corrected chi connectivity index (χ1v) is 5.38. The summed E-state index contributed by atoms with van der Waals surface area (Å²) in [7, 11) is 0. The monoisotopic (exact) mass is 263 g/mol. The molecule has 0 aromatic carbocycles. The number of allylic oxidation sites excluding steroid dienone is 3. The maximum absolute atomic E-state index is 9.01. The highest BCUT2D eigenvalue weighted by molar-refractivity contribution is 9.15. The molecule has 0 fully saturated rings. The van der Waals surface area contributed by atoms with Gasteiger partial charge in [-0.2, -0.15) is 0 Å². The van der Waals surface area contributed by atoms with Crippen molar-refractivity contribution in [2.24, 2.45) is 0 Å². The molecule has 3 heteroatoms. The van der Waals surface area contributed by atoms with Gasteiger partial charge in [-0.15, -0.1) is 0 Å². The molecular formula is C12H10BrNO. The predicted molar refractivity (Wildman–Crippen MR) is 65.8 cm³/mol. The smallest absolute Gasteiger partial charge is 0.105 e. The minimum absolute atomic E-state index is 0.612. The largest absolute Gasteiger partial charge is 0.513 e. The van der Waals surface area contributed by atoms with E-state index in [1.807, 2.05) is 37.3 Å². The summed E-state index contributed by atoms with van der Waals surface area (Å²) in [4.78, 5) is 4.36. The van der Waals surface area contributed by atoms with E-state index in [1.54, 1.807) is 0 Å². The van der Waals surface area contributed by atoms with Crippen molar-refractivity contribution in [3.05, 3.63) is 46.1 Å². The van der Waals surface area contributed by atoms with E-state index in [2.05, 4.69) is 20.9 Å². The fraction of sp³-hybridized carbons (Fsp3) is 0.0833. The summed E-state index contributed by atoms with van der Waals surface area (Å²) in [6.45, 7) is 1.92. The molecule has 1 aromatic rings. The first-order chi connectivity index (χ1) is 7.22. The van der Waals surface area contributed by atoms with E-state index >= 15 is 0 Å². The second-order valence-corrected chi connectivity index (χ2v) is 4.17. The van der Waals surface area contributed by atoms with Crippen LogP contribution in [-0.4, -0.2) is 10.1 Å². The highest BCUT2D eigenvalue weighted by atomic mass is 79.9. The quantitative estimate of drug-likeness (QED) is 0.774. The lowest BCUT2D eigenvalue weighted by atomic mass is 10.2. The Morgan fingerprint density at radius 2 is 2.07 bits per heavy atom. The summed E-state index contributed by atoms with van der Waals surface area (Å²) in [6, 6.07) is 2.01. The van der Waals surface area contributed by atoms with Crippen molar-refractivity contribution in [2.45, 2.75) is 6.92 Å². The Bertz CT molecular complexity index is 570. The van der Waals surface area contributed by atoms with Gasteiger partial charge in [0.05, 0.1) is 5.69 Å². The third-order valence-corrected chi connectivity index (χ3v) is 2.96. The topological polar surface area (TPSA) is 33.1 Å². The van der Waals surface area contributed by atoms with Gasteiger partial charge in [0, 0.05) is 9.70 Å². The lowest BCUT2D eigenvalue weighted by Crippen LogP contribution is -2.21. The first-order valence-electron chi connectivity index (χ1n) is 4.59. The molecule has 15 heavy (non-hydrogen) atoms. The summed E-state index contributed by atoms with van der Waals surface area (Å²) >= 11 is 3.49. The van der Waals surface area contributed by atoms with Gasteiger partial charge in [-0.05, 0) is 30.7 Å². The van der Waals surface area contributed by atoms with Crippen molar-refractivity contribution < 1.29 is 5.11 Å². The molecule has 0 saturated carbocycles. The minimum atomic E-state index is 0.612. The summed E-state index contributed by atoms with van der Waals surface area (Å²) in [5.74, 6) is 0. The molecule has 2 rings (SSSR count). The van der Waals surface area contributed by atoms with E-state index in [-0.39, 0.29) is 0 Å². The number of hydrogen-bond donors (Lipinski definition) is 1. The zero-order valence-corrected chi connectivity index (χ0v) is 9.82. The van der Waals surface area contributed by atoms with E-state index in [0.717, 1.165) is 27.2 Å². The standard InChI is InChI=1S/C12H10BrNO/c1-8-6-9-10(13)4-2-3-5-11(9)14-12(8)7-15/h2-7,15H,1H3. The van der Waals surface area contributed by atoms with Crippen LogP contribution in [0.5, 0.6) is 0 Å². The fourth-order valence-electron chi connectivity index (χ4n) is 1.47. The number of rotatable bonds is 0. The van der Waals surface area contributed by atoms with Crippen molar-refractivity contribution >= 4 is 32.8 Å². The summed E-state index contributed by atoms with van der Waals surface area (Å²) in [6.07, 6.45) is 8.81. The van der Waals surface area contributed by atoms with Crippen LogP contribution in [0.3, 0.4) is 0 Å². The molecule has 1 N–H and O–H groups in total. The number of hydrogen-bond acceptors (Lipinski definition) is 2. The Hall–Kier alpha value is -1.35. The number of fused-ring (bicyclic) bond motifs is 1. The Labute approximate surface area is 96.1 Å². The summed E-state index contributed by atoms with van der Waals surface area (Å²) in [5.41, 5.74) is 1.81. The maximum atomic E-state index is 9.01. The molecule has 0 bridgehead atoms. The van der Waals surface area contributed by atoms with Gasteiger partial charge in [-0.3, -0.25) is 0 Å². The predicted octanol–water partition coefficient (Wildman–Crippen LogP) is 1.77. The molecule has 0 spiro atoms. The molecule has 1 aromatic heterocycles. The average Bonchev–Trinajstić information content (AvgIpc) is 2.40. The Morgan fingerprint density at radius 1 is 1.33 bits per heavy atom. The lowest BCUT2D eigenvalue weighted by Gasteiger charge is -1.99. The fourth-order valence-corrected chi connectivity index (χ4v) is 1.94. The second kappa shape index (κ2) is 4.03. The first kappa shape index (κ1) is 10.2. The van der Waals surface area contributed by atoms with Gasteiger partial charge in [0.1, 0.15) is 11.6 Å². The van der Waals surface area contributed by atoms with Crippen LogP contribution in [0.1, 0.15) is 11.3 Å². The summed E-state index contributed by atoms with van der Waals surface area (Å²) in [5, 5.41) is 10.7. The van der Waals surface area contributed by atoms with Gasteiger partial charge in [0.15, 0.2) is 0 Å². The van der Waals surface area contributed by atoms with Crippen molar-refractivity contribution in [3.8, 4) is 0 Å². The van der Waals surface area contributed by atoms with Gasteiger partial charge in [-0.25, -0.2) is 4.98 Å². The normalized spacial score (nSPS) is 15.3. The molecule has 0 saturated heterocycles. The molecule has 0 unspecified atom stereocenters. The number of halogens is 1. The molecule has 0 radical (unpaired) electrons. The molecule has 0 amide bonds. The molecule has 1 heterocycles. The zero-order valence-electron chi connectivity index (χ0n) is 8.24. The number of aliphatic hydroxyl groups excluding tert-OH is 1. The van der Waals surface area contributed by atoms with E-state index in [1.165, 1.54) is 0 Å². The Balaban J connectivity index is 2.89. The number of nitrogens with zero attached hydrogens (tertiary/aromatic N) is 1. The minimum Gasteiger partial charge on any atom is -0.513 e. The lowest BCUT2D eigenvalue weighted by molar-refractivity contribution is 0.537. The average molecular weight is 264 g/mol. The number of aliphatic hydroxyl groups is 1. The highest BCUT2D eigenvalue weighted by Crippen LogP contribution is 2.10. The van der Waals surface area contributed by atoms with E-state index in [4.69, 9.17) is 5.11 Å². The van der Waals surface area contributed by atoms with Crippen LogP contribution in [0.2, 0.25) is 0 Å². The van der Waals surface area contributed by atoms with Gasteiger partial charge < -0.3 is 5.11 Å². The molecule has 0 aliphatic heterocycles.